The Hall–Kier alpha value is -1.43. The zero-order chi connectivity index (χ0) is 16.6. The third kappa shape index (κ3) is 11.8. The van der Waals surface area contributed by atoms with Gasteiger partial charge in [-0.1, -0.05) is 30.3 Å². The van der Waals surface area contributed by atoms with Crippen LogP contribution in [0.2, 0.25) is 0 Å². The molecule has 0 saturated heterocycles. The van der Waals surface area contributed by atoms with Crippen molar-refractivity contribution in [2.24, 2.45) is 0 Å². The molecule has 0 spiro atoms. The maximum absolute atomic E-state index is 11.0. The second-order valence-electron chi connectivity index (χ2n) is 5.07. The highest BCUT2D eigenvalue weighted by atomic mass is 16.6. The van der Waals surface area contributed by atoms with Crippen molar-refractivity contribution in [3.05, 3.63) is 35.9 Å². The Balaban J connectivity index is 1.77. The normalized spacial score (nSPS) is 10.7. The van der Waals surface area contributed by atoms with Gasteiger partial charge < -0.3 is 18.9 Å². The van der Waals surface area contributed by atoms with Gasteiger partial charge in [-0.25, -0.2) is 4.79 Å². The van der Waals surface area contributed by atoms with E-state index in [2.05, 4.69) is 12.1 Å². The molecule has 0 bridgehead atoms. The molecule has 0 saturated carbocycles. The molecule has 0 aliphatic carbocycles. The van der Waals surface area contributed by atoms with Gasteiger partial charge in [0.15, 0.2) is 0 Å². The summed E-state index contributed by atoms with van der Waals surface area (Å²) in [6.07, 6.45) is 3.13. The molecule has 23 heavy (non-hydrogen) atoms. The molecule has 130 valence electrons. The van der Waals surface area contributed by atoms with Crippen molar-refractivity contribution in [2.45, 2.75) is 32.8 Å². The molecule has 0 aromatic heterocycles. The Bertz CT molecular complexity index is 394. The zero-order valence-electron chi connectivity index (χ0n) is 14.0. The number of unbranched alkanes of at least 4 members (excludes halogenated alkanes) is 2. The first-order valence-corrected chi connectivity index (χ1v) is 8.25. The maximum Gasteiger partial charge on any atom is 0.332 e. The van der Waals surface area contributed by atoms with E-state index < -0.39 is 0 Å². The number of hydrogen-bond donors (Lipinski definition) is 0. The van der Waals surface area contributed by atoms with Crippen LogP contribution >= 0.6 is 0 Å². The van der Waals surface area contributed by atoms with Crippen LogP contribution in [0.25, 0.3) is 0 Å². The first-order chi connectivity index (χ1) is 11.3. The molecule has 1 aromatic carbocycles. The Kier molecular flexibility index (Phi) is 12.1. The number of ether oxygens (including phenoxy) is 4. The minimum absolute atomic E-state index is 0.00401. The van der Waals surface area contributed by atoms with E-state index in [9.17, 15) is 4.79 Å². The summed E-state index contributed by atoms with van der Waals surface area (Å²) in [6.45, 7) is 5.23. The van der Waals surface area contributed by atoms with Crippen LogP contribution in [0.4, 0.5) is 0 Å². The highest BCUT2D eigenvalue weighted by Gasteiger charge is 2.00. The summed E-state index contributed by atoms with van der Waals surface area (Å²) in [4.78, 5) is 11.0. The second kappa shape index (κ2) is 14.2. The molecule has 0 radical (unpaired) electrons. The topological polar surface area (TPSA) is 54.0 Å². The van der Waals surface area contributed by atoms with Crippen LogP contribution < -0.4 is 0 Å². The zero-order valence-corrected chi connectivity index (χ0v) is 14.0. The molecule has 5 nitrogen and oxygen atoms in total. The third-order valence-corrected chi connectivity index (χ3v) is 3.09. The summed E-state index contributed by atoms with van der Waals surface area (Å²) in [5.74, 6) is -0.331. The lowest BCUT2D eigenvalue weighted by molar-refractivity contribution is -0.148. The Labute approximate surface area is 138 Å². The van der Waals surface area contributed by atoms with Crippen molar-refractivity contribution in [1.82, 2.24) is 0 Å². The van der Waals surface area contributed by atoms with Gasteiger partial charge in [0.2, 0.25) is 0 Å². The van der Waals surface area contributed by atoms with Crippen molar-refractivity contribution in [1.29, 1.82) is 0 Å². The molecule has 0 heterocycles. The fourth-order valence-corrected chi connectivity index (χ4v) is 1.93. The van der Waals surface area contributed by atoms with Crippen molar-refractivity contribution in [3.8, 4) is 0 Å². The van der Waals surface area contributed by atoms with Crippen molar-refractivity contribution in [3.63, 3.8) is 0 Å². The molecule has 0 aliphatic rings. The Morgan fingerprint density at radius 2 is 1.57 bits per heavy atom. The largest absolute Gasteiger partial charge is 0.464 e. The number of benzene rings is 1. The van der Waals surface area contributed by atoms with Crippen molar-refractivity contribution >= 4 is 5.97 Å². The molecule has 1 rings (SSSR count). The first kappa shape index (κ1) is 19.6. The maximum atomic E-state index is 11.0. The second-order valence-corrected chi connectivity index (χ2v) is 5.07. The summed E-state index contributed by atoms with van der Waals surface area (Å²) in [5, 5.41) is 0. The Morgan fingerprint density at radius 3 is 2.30 bits per heavy atom. The van der Waals surface area contributed by atoms with Crippen LogP contribution in [0, 0.1) is 0 Å². The minimum atomic E-state index is -0.331. The Morgan fingerprint density at radius 1 is 0.870 bits per heavy atom. The van der Waals surface area contributed by atoms with E-state index in [1.54, 1.807) is 6.92 Å². The number of hydrogen-bond acceptors (Lipinski definition) is 5. The fraction of sp³-hybridized carbons (Fsp3) is 0.611. The molecule has 0 atom stereocenters. The molecule has 0 unspecified atom stereocenters. The molecule has 1 aromatic rings. The van der Waals surface area contributed by atoms with E-state index >= 15 is 0 Å². The van der Waals surface area contributed by atoms with E-state index in [1.165, 1.54) is 5.56 Å². The summed E-state index contributed by atoms with van der Waals surface area (Å²) in [6, 6.07) is 10.2. The van der Waals surface area contributed by atoms with Gasteiger partial charge in [0.05, 0.1) is 26.4 Å². The highest BCUT2D eigenvalue weighted by molar-refractivity contribution is 5.70. The van der Waals surface area contributed by atoms with Gasteiger partial charge in [-0.2, -0.15) is 0 Å². The van der Waals surface area contributed by atoms with Crippen LogP contribution in [0.15, 0.2) is 30.3 Å². The van der Waals surface area contributed by atoms with Gasteiger partial charge in [0.1, 0.15) is 6.61 Å². The van der Waals surface area contributed by atoms with E-state index in [-0.39, 0.29) is 12.6 Å². The standard InChI is InChI=1S/C18H28O5/c1-2-23-18(19)16-22-14-13-20-11-7-4-8-12-21-15-17-9-5-3-6-10-17/h3,5-6,9-10H,2,4,7-8,11-16H2,1H3. The number of carbonyl (C=O) groups excluding carboxylic acids is 1. The lowest BCUT2D eigenvalue weighted by atomic mass is 10.2. The predicted octanol–water partition coefficient (Wildman–Crippen LogP) is 2.97. The molecule has 0 aliphatic heterocycles. The summed E-state index contributed by atoms with van der Waals surface area (Å²) in [7, 11) is 0. The lowest BCUT2D eigenvalue weighted by Gasteiger charge is -2.06. The molecule has 5 heteroatoms. The number of esters is 1. The van der Waals surface area contributed by atoms with Crippen molar-refractivity contribution in [2.75, 3.05) is 39.6 Å². The summed E-state index contributed by atoms with van der Waals surface area (Å²) in [5.41, 5.74) is 1.21. The van der Waals surface area contributed by atoms with E-state index in [0.29, 0.717) is 33.0 Å². The van der Waals surface area contributed by atoms with Gasteiger partial charge in [0, 0.05) is 13.2 Å². The van der Waals surface area contributed by atoms with Crippen molar-refractivity contribution < 1.29 is 23.7 Å². The highest BCUT2D eigenvalue weighted by Crippen LogP contribution is 2.02. The molecule has 0 fully saturated rings. The molecular formula is C18H28O5. The minimum Gasteiger partial charge on any atom is -0.464 e. The van der Waals surface area contributed by atoms with Crippen LogP contribution in [0.3, 0.4) is 0 Å². The monoisotopic (exact) mass is 324 g/mol. The van der Waals surface area contributed by atoms with Gasteiger partial charge in [0.25, 0.3) is 0 Å². The third-order valence-electron chi connectivity index (χ3n) is 3.09. The van der Waals surface area contributed by atoms with Crippen LogP contribution in [-0.2, 0) is 30.3 Å². The van der Waals surface area contributed by atoms with Gasteiger partial charge in [-0.05, 0) is 31.7 Å². The van der Waals surface area contributed by atoms with E-state index in [4.69, 9.17) is 18.9 Å². The SMILES string of the molecule is CCOC(=O)COCCOCCCCCOCc1ccccc1. The first-order valence-electron chi connectivity index (χ1n) is 8.25. The van der Waals surface area contributed by atoms with E-state index in [1.807, 2.05) is 18.2 Å². The number of carbonyl (C=O) groups is 1. The number of rotatable bonds is 14. The van der Waals surface area contributed by atoms with Gasteiger partial charge in [-0.3, -0.25) is 0 Å². The fourth-order valence-electron chi connectivity index (χ4n) is 1.93. The molecule has 0 N–H and O–H groups in total. The smallest absolute Gasteiger partial charge is 0.332 e. The molecular weight excluding hydrogens is 296 g/mol. The van der Waals surface area contributed by atoms with Gasteiger partial charge in [-0.15, -0.1) is 0 Å². The van der Waals surface area contributed by atoms with Crippen LogP contribution in [-0.4, -0.2) is 45.6 Å². The summed E-state index contributed by atoms with van der Waals surface area (Å²) >= 11 is 0. The average molecular weight is 324 g/mol. The molecule has 0 amide bonds. The van der Waals surface area contributed by atoms with Crippen LogP contribution in [0.5, 0.6) is 0 Å². The van der Waals surface area contributed by atoms with Crippen LogP contribution in [0.1, 0.15) is 31.7 Å². The van der Waals surface area contributed by atoms with Gasteiger partial charge >= 0.3 is 5.97 Å². The van der Waals surface area contributed by atoms with E-state index in [0.717, 1.165) is 25.9 Å². The predicted molar refractivity (Wildman–Crippen MR) is 88.2 cm³/mol. The quantitative estimate of drug-likeness (QED) is 0.389. The lowest BCUT2D eigenvalue weighted by Crippen LogP contribution is -2.15. The summed E-state index contributed by atoms with van der Waals surface area (Å²) < 4.78 is 20.9. The average Bonchev–Trinajstić information content (AvgIpc) is 2.57.